The van der Waals surface area contributed by atoms with Gasteiger partial charge in [0.1, 0.15) is 4.75 Å². The number of hydrogen-bond acceptors (Lipinski definition) is 2. The molecule has 29 heavy (non-hydrogen) atoms. The van der Waals surface area contributed by atoms with Crippen molar-refractivity contribution >= 4 is 18.2 Å². The third kappa shape index (κ3) is 10.5. The molecule has 0 bridgehead atoms. The summed E-state index contributed by atoms with van der Waals surface area (Å²) in [5.74, 6) is 0. The van der Waals surface area contributed by atoms with Gasteiger partial charge in [0.25, 0.3) is 10.1 Å². The second kappa shape index (κ2) is 13.1. The van der Waals surface area contributed by atoms with Crippen molar-refractivity contribution in [3.63, 3.8) is 0 Å². The van der Waals surface area contributed by atoms with E-state index in [4.69, 9.17) is 0 Å². The summed E-state index contributed by atoms with van der Waals surface area (Å²) in [6.07, 6.45) is 20.6. The first-order valence-electron chi connectivity index (χ1n) is 11.9. The molecule has 0 saturated heterocycles. The normalized spacial score (nSPS) is 20.1. The second-order valence-corrected chi connectivity index (χ2v) is 17.1. The molecule has 1 aliphatic rings. The third-order valence-electron chi connectivity index (χ3n) is 6.59. The fourth-order valence-corrected chi connectivity index (χ4v) is 7.93. The predicted octanol–water partition coefficient (Wildman–Crippen LogP) is 7.93. The summed E-state index contributed by atoms with van der Waals surface area (Å²) >= 11 is 0. The van der Waals surface area contributed by atoms with Crippen LogP contribution in [-0.4, -0.2) is 25.8 Å². The molecule has 0 aromatic heterocycles. The van der Waals surface area contributed by atoms with E-state index >= 15 is 0 Å². The Morgan fingerprint density at radius 1 is 0.931 bits per heavy atom. The Kier molecular flexibility index (Phi) is 12.0. The topological polar surface area (TPSA) is 54.4 Å². The van der Waals surface area contributed by atoms with Crippen molar-refractivity contribution in [3.05, 3.63) is 23.8 Å². The molecule has 0 heterocycles. The summed E-state index contributed by atoms with van der Waals surface area (Å²) < 4.78 is 32.6. The van der Waals surface area contributed by atoms with Crippen LogP contribution in [0.5, 0.6) is 0 Å². The molecule has 0 aromatic carbocycles. The molecule has 0 aromatic rings. The zero-order valence-corrected chi connectivity index (χ0v) is 21.3. The van der Waals surface area contributed by atoms with Gasteiger partial charge in [-0.05, 0) is 19.8 Å². The van der Waals surface area contributed by atoms with Crippen molar-refractivity contribution in [1.82, 2.24) is 0 Å². The van der Waals surface area contributed by atoms with Gasteiger partial charge in [-0.2, -0.15) is 8.42 Å². The molecule has 1 aliphatic carbocycles. The molecule has 1 atom stereocenters. The maximum atomic E-state index is 12.0. The fourth-order valence-electron chi connectivity index (χ4n) is 4.33. The number of allylic oxidation sites excluding steroid dienone is 3. The van der Waals surface area contributed by atoms with E-state index in [2.05, 4.69) is 20.0 Å². The lowest BCUT2D eigenvalue weighted by Crippen LogP contribution is -2.37. The molecule has 0 aliphatic heterocycles. The summed E-state index contributed by atoms with van der Waals surface area (Å²) in [7, 11) is -5.20. The highest BCUT2D eigenvalue weighted by molar-refractivity contribution is 7.87. The highest BCUT2D eigenvalue weighted by atomic mass is 32.2. The number of hydrogen-bond donors (Lipinski definition) is 1. The van der Waals surface area contributed by atoms with E-state index < -0.39 is 22.9 Å². The van der Waals surface area contributed by atoms with E-state index in [1.165, 1.54) is 69.9 Å². The van der Waals surface area contributed by atoms with Crippen LogP contribution in [0.25, 0.3) is 0 Å². The molecule has 0 radical (unpaired) electrons. The average Bonchev–Trinajstić information content (AvgIpc) is 2.64. The number of rotatable bonds is 16. The lowest BCUT2D eigenvalue weighted by molar-refractivity contribution is 0.428. The molecule has 5 heteroatoms. The minimum atomic E-state index is -4.07. The van der Waals surface area contributed by atoms with Crippen molar-refractivity contribution in [2.45, 2.75) is 127 Å². The molecular formula is C24H46O3SSi. The van der Waals surface area contributed by atoms with Crippen LogP contribution in [0.2, 0.25) is 25.2 Å². The maximum Gasteiger partial charge on any atom is 0.274 e. The van der Waals surface area contributed by atoms with Crippen molar-refractivity contribution < 1.29 is 13.0 Å². The standard InChI is InChI=1S/C24H46O3SSi/c1-5-6-7-8-9-10-11-14-21-29(3,4)22-15-12-13-18-24(28(25,26)27)19-16-23(2)17-20-24/h16-17,19H,5-15,18,20-22H2,1-4H3,(H,25,26,27). The highest BCUT2D eigenvalue weighted by Gasteiger charge is 2.40. The fraction of sp³-hybridized carbons (Fsp3) is 0.833. The maximum absolute atomic E-state index is 12.0. The molecule has 0 spiro atoms. The summed E-state index contributed by atoms with van der Waals surface area (Å²) in [6.45, 7) is 9.24. The van der Waals surface area contributed by atoms with Crippen molar-refractivity contribution in [2.24, 2.45) is 0 Å². The Morgan fingerprint density at radius 3 is 1.93 bits per heavy atom. The Labute approximate surface area is 182 Å². The van der Waals surface area contributed by atoms with Gasteiger partial charge >= 0.3 is 0 Å². The van der Waals surface area contributed by atoms with Crippen LogP contribution in [0.3, 0.4) is 0 Å². The summed E-state index contributed by atoms with van der Waals surface area (Å²) in [5, 5.41) is 0. The second-order valence-electron chi connectivity index (χ2n) is 9.98. The minimum absolute atomic E-state index is 0.396. The van der Waals surface area contributed by atoms with E-state index in [1.807, 2.05) is 19.1 Å². The van der Waals surface area contributed by atoms with Gasteiger partial charge < -0.3 is 0 Å². The largest absolute Gasteiger partial charge is 0.285 e. The van der Waals surface area contributed by atoms with E-state index in [9.17, 15) is 13.0 Å². The van der Waals surface area contributed by atoms with Gasteiger partial charge in [-0.3, -0.25) is 4.55 Å². The summed E-state index contributed by atoms with van der Waals surface area (Å²) in [4.78, 5) is 0. The molecule has 1 unspecified atom stereocenters. The van der Waals surface area contributed by atoms with Crippen molar-refractivity contribution in [2.75, 3.05) is 0 Å². The molecule has 0 saturated carbocycles. The first-order valence-corrected chi connectivity index (χ1v) is 16.8. The van der Waals surface area contributed by atoms with Crippen molar-refractivity contribution in [3.8, 4) is 0 Å². The van der Waals surface area contributed by atoms with Crippen LogP contribution < -0.4 is 0 Å². The molecule has 1 rings (SSSR count). The van der Waals surface area contributed by atoms with Gasteiger partial charge in [0, 0.05) is 8.07 Å². The van der Waals surface area contributed by atoms with Gasteiger partial charge in [-0.25, -0.2) is 0 Å². The zero-order valence-electron chi connectivity index (χ0n) is 19.5. The Morgan fingerprint density at radius 2 is 1.45 bits per heavy atom. The first kappa shape index (κ1) is 26.6. The third-order valence-corrected chi connectivity index (χ3v) is 11.5. The molecule has 0 amide bonds. The lowest BCUT2D eigenvalue weighted by Gasteiger charge is -2.29. The van der Waals surface area contributed by atoms with Crippen LogP contribution in [-0.2, 0) is 10.1 Å². The Bertz CT molecular complexity index is 622. The number of unbranched alkanes of at least 4 members (excludes halogenated alkanes) is 9. The van der Waals surface area contributed by atoms with Crippen LogP contribution in [0.4, 0.5) is 0 Å². The van der Waals surface area contributed by atoms with E-state index in [1.54, 1.807) is 6.08 Å². The van der Waals surface area contributed by atoms with Crippen LogP contribution in [0.15, 0.2) is 23.8 Å². The molecule has 170 valence electrons. The lowest BCUT2D eigenvalue weighted by atomic mass is 9.91. The first-order chi connectivity index (χ1) is 13.6. The van der Waals surface area contributed by atoms with Crippen LogP contribution in [0.1, 0.15) is 97.3 Å². The quantitative estimate of drug-likeness (QED) is 0.150. The van der Waals surface area contributed by atoms with Crippen molar-refractivity contribution in [1.29, 1.82) is 0 Å². The average molecular weight is 443 g/mol. The van der Waals surface area contributed by atoms with Gasteiger partial charge in [-0.15, -0.1) is 0 Å². The van der Waals surface area contributed by atoms with E-state index in [0.29, 0.717) is 12.8 Å². The smallest absolute Gasteiger partial charge is 0.274 e. The van der Waals surface area contributed by atoms with Gasteiger partial charge in [0.2, 0.25) is 0 Å². The zero-order chi connectivity index (χ0) is 21.8. The summed E-state index contributed by atoms with van der Waals surface area (Å²) in [5.41, 5.74) is 1.07. The Balaban J connectivity index is 2.21. The predicted molar refractivity (Wildman–Crippen MR) is 130 cm³/mol. The highest BCUT2D eigenvalue weighted by Crippen LogP contribution is 2.34. The van der Waals surface area contributed by atoms with E-state index in [-0.39, 0.29) is 0 Å². The molecule has 1 N–H and O–H groups in total. The van der Waals surface area contributed by atoms with Gasteiger partial charge in [-0.1, -0.05) is 127 Å². The van der Waals surface area contributed by atoms with Gasteiger partial charge in [0.05, 0.1) is 0 Å². The van der Waals surface area contributed by atoms with Crippen LogP contribution >= 0.6 is 0 Å². The minimum Gasteiger partial charge on any atom is -0.285 e. The molecule has 3 nitrogen and oxygen atoms in total. The van der Waals surface area contributed by atoms with Crippen LogP contribution in [0, 0.1) is 0 Å². The molecule has 0 fully saturated rings. The Hall–Kier alpha value is -0.393. The van der Waals surface area contributed by atoms with Gasteiger partial charge in [0.15, 0.2) is 0 Å². The van der Waals surface area contributed by atoms with E-state index in [0.717, 1.165) is 18.4 Å². The monoisotopic (exact) mass is 442 g/mol. The summed E-state index contributed by atoms with van der Waals surface area (Å²) in [6, 6.07) is 2.75. The molecular weight excluding hydrogens is 396 g/mol. The SMILES string of the molecule is CCCCCCCCCC[Si](C)(C)CCCCCC1(S(=O)(=O)O)C=CC(C)=CC1.